The quantitative estimate of drug-likeness (QED) is 0.290. The van der Waals surface area contributed by atoms with Crippen molar-refractivity contribution >= 4 is 28.5 Å². The predicted octanol–water partition coefficient (Wildman–Crippen LogP) is 5.61. The van der Waals surface area contributed by atoms with E-state index in [-0.39, 0.29) is 5.78 Å². The first-order chi connectivity index (χ1) is 17.7. The summed E-state index contributed by atoms with van der Waals surface area (Å²) in [5.74, 6) is 0.528. The predicted molar refractivity (Wildman–Crippen MR) is 144 cm³/mol. The monoisotopic (exact) mass is 500 g/mol. The number of aromatic nitrogens is 2. The molecule has 2 N–H and O–H groups in total. The summed E-state index contributed by atoms with van der Waals surface area (Å²) in [4.78, 5) is 26.1. The summed E-state index contributed by atoms with van der Waals surface area (Å²) in [6, 6.07) is 24.0. The van der Waals surface area contributed by atoms with Crippen LogP contribution >= 0.6 is 0 Å². The van der Waals surface area contributed by atoms with Gasteiger partial charge in [-0.15, -0.1) is 0 Å². The molecular formula is C29H32N4O4. The molecule has 37 heavy (non-hydrogen) atoms. The van der Waals surface area contributed by atoms with E-state index in [0.29, 0.717) is 24.5 Å². The van der Waals surface area contributed by atoms with E-state index in [4.69, 9.17) is 14.6 Å². The molecule has 0 aliphatic heterocycles. The van der Waals surface area contributed by atoms with Gasteiger partial charge in [-0.1, -0.05) is 54.6 Å². The van der Waals surface area contributed by atoms with Crippen molar-refractivity contribution in [3.05, 3.63) is 90.1 Å². The minimum atomic E-state index is -0.667. The number of hydrogen-bond donors (Lipinski definition) is 2. The van der Waals surface area contributed by atoms with E-state index >= 15 is 0 Å². The van der Waals surface area contributed by atoms with Crippen molar-refractivity contribution < 1.29 is 19.1 Å². The third kappa shape index (κ3) is 6.46. The highest BCUT2D eigenvalue weighted by Gasteiger charge is 2.27. The Morgan fingerprint density at radius 1 is 0.973 bits per heavy atom. The van der Waals surface area contributed by atoms with Crippen LogP contribution in [0.3, 0.4) is 0 Å². The normalized spacial score (nSPS) is 12.1. The SMILES string of the molecule is COc1cccc(NC(C(=O)c2nn(CCNC(=O)OC(C)(C)C)c3ccccc23)c2ccccc2)c1. The number of carbonyl (C=O) groups excluding carboxylic acids is 2. The van der Waals surface area contributed by atoms with Gasteiger partial charge in [0.05, 0.1) is 19.2 Å². The Morgan fingerprint density at radius 2 is 1.70 bits per heavy atom. The number of alkyl carbamates (subject to hydrolysis) is 1. The lowest BCUT2D eigenvalue weighted by molar-refractivity contribution is 0.0525. The Hall–Kier alpha value is -4.33. The molecule has 1 amide bonds. The maximum Gasteiger partial charge on any atom is 0.407 e. The Kier molecular flexibility index (Phi) is 7.77. The number of ether oxygens (including phenoxy) is 2. The molecule has 4 aromatic rings. The van der Waals surface area contributed by atoms with Gasteiger partial charge in [0.2, 0.25) is 5.78 Å². The molecule has 1 heterocycles. The van der Waals surface area contributed by atoms with Crippen LogP contribution in [-0.2, 0) is 11.3 Å². The van der Waals surface area contributed by atoms with Crippen LogP contribution in [0.15, 0.2) is 78.9 Å². The van der Waals surface area contributed by atoms with Crippen LogP contribution in [0.5, 0.6) is 5.75 Å². The summed E-state index contributed by atoms with van der Waals surface area (Å²) in [6.45, 7) is 6.13. The van der Waals surface area contributed by atoms with E-state index in [1.807, 2.05) is 99.6 Å². The first kappa shape index (κ1) is 25.8. The fraction of sp³-hybridized carbons (Fsp3) is 0.276. The van der Waals surface area contributed by atoms with Crippen molar-refractivity contribution in [3.8, 4) is 5.75 Å². The minimum Gasteiger partial charge on any atom is -0.497 e. The van der Waals surface area contributed by atoms with Crippen molar-refractivity contribution in [1.82, 2.24) is 15.1 Å². The first-order valence-electron chi connectivity index (χ1n) is 12.2. The number of hydrogen-bond acceptors (Lipinski definition) is 6. The van der Waals surface area contributed by atoms with Gasteiger partial charge >= 0.3 is 6.09 Å². The molecule has 1 atom stereocenters. The molecular weight excluding hydrogens is 468 g/mol. The van der Waals surface area contributed by atoms with Crippen LogP contribution in [0.2, 0.25) is 0 Å². The molecule has 0 aliphatic carbocycles. The number of Topliss-reactive ketones (excluding diaryl/α,β-unsaturated/α-hetero) is 1. The van der Waals surface area contributed by atoms with Crippen LogP contribution in [0.1, 0.15) is 42.9 Å². The molecule has 4 rings (SSSR count). The van der Waals surface area contributed by atoms with Gasteiger partial charge in [0.1, 0.15) is 23.1 Å². The zero-order chi connectivity index (χ0) is 26.4. The molecule has 0 bridgehead atoms. The van der Waals surface area contributed by atoms with Crippen LogP contribution in [0.4, 0.5) is 10.5 Å². The van der Waals surface area contributed by atoms with Crippen LogP contribution in [0, 0.1) is 0 Å². The number of nitrogens with one attached hydrogen (secondary N) is 2. The average molecular weight is 501 g/mol. The number of nitrogens with zero attached hydrogens (tertiary/aromatic N) is 2. The molecule has 192 valence electrons. The van der Waals surface area contributed by atoms with Crippen molar-refractivity contribution in [2.75, 3.05) is 19.0 Å². The summed E-state index contributed by atoms with van der Waals surface area (Å²) < 4.78 is 12.4. The molecule has 1 aromatic heterocycles. The molecule has 0 spiro atoms. The molecule has 0 radical (unpaired) electrons. The molecule has 3 aromatic carbocycles. The fourth-order valence-corrected chi connectivity index (χ4v) is 4.02. The Morgan fingerprint density at radius 3 is 2.43 bits per heavy atom. The smallest absolute Gasteiger partial charge is 0.407 e. The third-order valence-electron chi connectivity index (χ3n) is 5.66. The van der Waals surface area contributed by atoms with Gasteiger partial charge in [-0.25, -0.2) is 4.79 Å². The van der Waals surface area contributed by atoms with Crippen molar-refractivity contribution in [3.63, 3.8) is 0 Å². The zero-order valence-corrected chi connectivity index (χ0v) is 21.5. The lowest BCUT2D eigenvalue weighted by Crippen LogP contribution is -2.34. The number of ketones is 1. The second-order valence-corrected chi connectivity index (χ2v) is 9.60. The van der Waals surface area contributed by atoms with E-state index in [9.17, 15) is 9.59 Å². The number of amides is 1. The Balaban J connectivity index is 1.62. The van der Waals surface area contributed by atoms with Gasteiger partial charge in [-0.2, -0.15) is 5.10 Å². The summed E-state index contributed by atoms with van der Waals surface area (Å²) in [6.07, 6.45) is -0.494. The maximum atomic E-state index is 14.0. The number of methoxy groups -OCH3 is 1. The van der Waals surface area contributed by atoms with Crippen LogP contribution < -0.4 is 15.4 Å². The van der Waals surface area contributed by atoms with E-state index < -0.39 is 17.7 Å². The van der Waals surface area contributed by atoms with Crippen molar-refractivity contribution in [2.45, 2.75) is 39.0 Å². The second-order valence-electron chi connectivity index (χ2n) is 9.60. The molecule has 0 saturated carbocycles. The average Bonchev–Trinajstić information content (AvgIpc) is 3.25. The Labute approximate surface area is 216 Å². The second kappa shape index (κ2) is 11.2. The summed E-state index contributed by atoms with van der Waals surface area (Å²) in [7, 11) is 1.61. The van der Waals surface area contributed by atoms with E-state index in [1.165, 1.54) is 0 Å². The molecule has 0 aliphatic rings. The molecule has 8 nitrogen and oxygen atoms in total. The van der Waals surface area contributed by atoms with Gasteiger partial charge in [-0.05, 0) is 44.5 Å². The largest absolute Gasteiger partial charge is 0.497 e. The lowest BCUT2D eigenvalue weighted by Gasteiger charge is -2.19. The van der Waals surface area contributed by atoms with Crippen molar-refractivity contribution in [2.24, 2.45) is 0 Å². The van der Waals surface area contributed by atoms with Crippen LogP contribution in [0.25, 0.3) is 10.9 Å². The summed E-state index contributed by atoms with van der Waals surface area (Å²) >= 11 is 0. The lowest BCUT2D eigenvalue weighted by atomic mass is 9.98. The summed E-state index contributed by atoms with van der Waals surface area (Å²) in [5.41, 5.74) is 2.17. The topological polar surface area (TPSA) is 94.5 Å². The fourth-order valence-electron chi connectivity index (χ4n) is 4.02. The van der Waals surface area contributed by atoms with Gasteiger partial charge in [-0.3, -0.25) is 9.48 Å². The van der Waals surface area contributed by atoms with Crippen LogP contribution in [-0.4, -0.2) is 40.9 Å². The molecule has 0 fully saturated rings. The number of carbonyl (C=O) groups is 2. The molecule has 8 heteroatoms. The van der Waals surface area contributed by atoms with Gasteiger partial charge in [0.15, 0.2) is 0 Å². The Bertz CT molecular complexity index is 1380. The number of para-hydroxylation sites is 1. The first-order valence-corrected chi connectivity index (χ1v) is 12.2. The number of benzene rings is 3. The van der Waals surface area contributed by atoms with Gasteiger partial charge < -0.3 is 20.1 Å². The van der Waals surface area contributed by atoms with E-state index in [0.717, 1.165) is 22.2 Å². The summed E-state index contributed by atoms with van der Waals surface area (Å²) in [5, 5.41) is 11.6. The zero-order valence-electron chi connectivity index (χ0n) is 21.5. The number of rotatable bonds is 9. The minimum absolute atomic E-state index is 0.163. The number of anilines is 1. The highest BCUT2D eigenvalue weighted by atomic mass is 16.6. The molecule has 0 saturated heterocycles. The highest BCUT2D eigenvalue weighted by molar-refractivity contribution is 6.09. The number of fused-ring (bicyclic) bond motifs is 1. The highest BCUT2D eigenvalue weighted by Crippen LogP contribution is 2.28. The molecule has 1 unspecified atom stereocenters. The van der Waals surface area contributed by atoms with Crippen molar-refractivity contribution in [1.29, 1.82) is 0 Å². The van der Waals surface area contributed by atoms with E-state index in [2.05, 4.69) is 10.6 Å². The third-order valence-corrected chi connectivity index (χ3v) is 5.66. The van der Waals surface area contributed by atoms with Gasteiger partial charge in [0, 0.05) is 23.7 Å². The standard InChI is InChI=1S/C29H32N4O4/c1-29(2,3)37-28(35)30-17-18-33-24-16-9-8-15-23(24)26(32-33)27(34)25(20-11-6-5-7-12-20)31-21-13-10-14-22(19-21)36-4/h5-16,19,25,31H,17-18H2,1-4H3,(H,30,35). The maximum absolute atomic E-state index is 14.0. The van der Waals surface area contributed by atoms with Gasteiger partial charge in [0.25, 0.3) is 0 Å². The van der Waals surface area contributed by atoms with E-state index in [1.54, 1.807) is 11.8 Å².